The SMILES string of the molecule is Nc1ccc(C(F)(F)F)cc1C(=O)NC1CCCNC1=O. The van der Waals surface area contributed by atoms with Crippen LogP contribution in [0.5, 0.6) is 0 Å². The second-order valence-electron chi connectivity index (χ2n) is 4.76. The molecule has 114 valence electrons. The van der Waals surface area contributed by atoms with Crippen molar-refractivity contribution in [1.82, 2.24) is 10.6 Å². The maximum atomic E-state index is 12.6. The first kappa shape index (κ1) is 15.1. The third kappa shape index (κ3) is 3.45. The summed E-state index contributed by atoms with van der Waals surface area (Å²) in [5.74, 6) is -1.14. The summed E-state index contributed by atoms with van der Waals surface area (Å²) in [5.41, 5.74) is 4.22. The molecule has 8 heteroatoms. The lowest BCUT2D eigenvalue weighted by atomic mass is 10.0. The molecule has 4 N–H and O–H groups in total. The Morgan fingerprint density at radius 1 is 1.38 bits per heavy atom. The Morgan fingerprint density at radius 2 is 2.10 bits per heavy atom. The van der Waals surface area contributed by atoms with Crippen LogP contribution in [0.25, 0.3) is 0 Å². The van der Waals surface area contributed by atoms with Gasteiger partial charge in [0.25, 0.3) is 5.91 Å². The molecule has 0 radical (unpaired) electrons. The highest BCUT2D eigenvalue weighted by Crippen LogP contribution is 2.31. The number of hydrogen-bond acceptors (Lipinski definition) is 3. The second-order valence-corrected chi connectivity index (χ2v) is 4.76. The molecule has 5 nitrogen and oxygen atoms in total. The second kappa shape index (κ2) is 5.63. The molecule has 2 rings (SSSR count). The van der Waals surface area contributed by atoms with Gasteiger partial charge in [-0.15, -0.1) is 0 Å². The van der Waals surface area contributed by atoms with Gasteiger partial charge in [0.1, 0.15) is 6.04 Å². The van der Waals surface area contributed by atoms with E-state index in [0.29, 0.717) is 25.5 Å². The zero-order valence-electron chi connectivity index (χ0n) is 11.0. The molecule has 0 aromatic heterocycles. The van der Waals surface area contributed by atoms with Crippen LogP contribution in [-0.4, -0.2) is 24.4 Å². The van der Waals surface area contributed by atoms with Crippen molar-refractivity contribution in [2.45, 2.75) is 25.1 Å². The van der Waals surface area contributed by atoms with Crippen LogP contribution in [-0.2, 0) is 11.0 Å². The molecule has 1 saturated heterocycles. The molecule has 0 bridgehead atoms. The van der Waals surface area contributed by atoms with E-state index in [1.165, 1.54) is 0 Å². The number of carbonyl (C=O) groups excluding carboxylic acids is 2. The first-order valence-corrected chi connectivity index (χ1v) is 6.34. The molecule has 1 aliphatic heterocycles. The van der Waals surface area contributed by atoms with Gasteiger partial charge in [-0.2, -0.15) is 13.2 Å². The fourth-order valence-electron chi connectivity index (χ4n) is 2.08. The van der Waals surface area contributed by atoms with Crippen LogP contribution in [0, 0.1) is 0 Å². The van der Waals surface area contributed by atoms with Crippen molar-refractivity contribution in [1.29, 1.82) is 0 Å². The minimum Gasteiger partial charge on any atom is -0.398 e. The van der Waals surface area contributed by atoms with Crippen LogP contribution < -0.4 is 16.4 Å². The van der Waals surface area contributed by atoms with Gasteiger partial charge in [0.2, 0.25) is 5.91 Å². The smallest absolute Gasteiger partial charge is 0.398 e. The van der Waals surface area contributed by atoms with Crippen LogP contribution >= 0.6 is 0 Å². The van der Waals surface area contributed by atoms with Gasteiger partial charge in [0.05, 0.1) is 11.1 Å². The van der Waals surface area contributed by atoms with Crippen molar-refractivity contribution in [2.75, 3.05) is 12.3 Å². The lowest BCUT2D eigenvalue weighted by molar-refractivity contribution is -0.137. The van der Waals surface area contributed by atoms with E-state index in [1.54, 1.807) is 0 Å². The Labute approximate surface area is 118 Å². The molecule has 1 aromatic rings. The van der Waals surface area contributed by atoms with E-state index in [2.05, 4.69) is 10.6 Å². The molecule has 0 aliphatic carbocycles. The maximum Gasteiger partial charge on any atom is 0.416 e. The number of alkyl halides is 3. The number of rotatable bonds is 2. The van der Waals surface area contributed by atoms with Crippen molar-refractivity contribution in [3.63, 3.8) is 0 Å². The summed E-state index contributed by atoms with van der Waals surface area (Å²) < 4.78 is 37.9. The minimum absolute atomic E-state index is 0.0725. The third-order valence-electron chi connectivity index (χ3n) is 3.22. The topological polar surface area (TPSA) is 84.2 Å². The van der Waals surface area contributed by atoms with Crippen LogP contribution in [0.3, 0.4) is 0 Å². The van der Waals surface area contributed by atoms with Crippen LogP contribution in [0.4, 0.5) is 18.9 Å². The Morgan fingerprint density at radius 3 is 2.71 bits per heavy atom. The van der Waals surface area contributed by atoms with E-state index < -0.39 is 23.7 Å². The summed E-state index contributed by atoms with van der Waals surface area (Å²) in [6.45, 7) is 0.525. The zero-order valence-corrected chi connectivity index (χ0v) is 11.0. The Kier molecular flexibility index (Phi) is 4.06. The van der Waals surface area contributed by atoms with Crippen molar-refractivity contribution >= 4 is 17.5 Å². The van der Waals surface area contributed by atoms with Gasteiger partial charge in [0, 0.05) is 12.2 Å². The molecule has 1 fully saturated rings. The molecule has 21 heavy (non-hydrogen) atoms. The van der Waals surface area contributed by atoms with Crippen LogP contribution in [0.2, 0.25) is 0 Å². The first-order chi connectivity index (χ1) is 9.79. The lowest BCUT2D eigenvalue weighted by Gasteiger charge is -2.23. The summed E-state index contributed by atoms with van der Waals surface area (Å²) in [4.78, 5) is 23.6. The van der Waals surface area contributed by atoms with E-state index in [-0.39, 0.29) is 17.2 Å². The van der Waals surface area contributed by atoms with Crippen LogP contribution in [0.1, 0.15) is 28.8 Å². The lowest BCUT2D eigenvalue weighted by Crippen LogP contribution is -2.50. The average molecular weight is 301 g/mol. The minimum atomic E-state index is -4.56. The van der Waals surface area contributed by atoms with Gasteiger partial charge in [-0.3, -0.25) is 9.59 Å². The molecule has 1 heterocycles. The number of anilines is 1. The fourth-order valence-corrected chi connectivity index (χ4v) is 2.08. The van der Waals surface area contributed by atoms with Gasteiger partial charge < -0.3 is 16.4 Å². The Balaban J connectivity index is 2.20. The van der Waals surface area contributed by atoms with E-state index in [0.717, 1.165) is 12.1 Å². The monoisotopic (exact) mass is 301 g/mol. The van der Waals surface area contributed by atoms with Crippen molar-refractivity contribution in [3.05, 3.63) is 29.3 Å². The van der Waals surface area contributed by atoms with Gasteiger partial charge in [-0.05, 0) is 31.0 Å². The van der Waals surface area contributed by atoms with Crippen LogP contribution in [0.15, 0.2) is 18.2 Å². The number of amides is 2. The number of nitrogen functional groups attached to an aromatic ring is 1. The summed E-state index contributed by atoms with van der Waals surface area (Å²) in [7, 11) is 0. The molecular weight excluding hydrogens is 287 g/mol. The van der Waals surface area contributed by atoms with E-state index in [4.69, 9.17) is 5.73 Å². The Bertz CT molecular complexity index is 572. The average Bonchev–Trinajstić information content (AvgIpc) is 2.40. The highest BCUT2D eigenvalue weighted by molar-refractivity contribution is 6.01. The Hall–Kier alpha value is -2.25. The zero-order chi connectivity index (χ0) is 15.6. The number of carbonyl (C=O) groups is 2. The quantitative estimate of drug-likeness (QED) is 0.720. The highest BCUT2D eigenvalue weighted by Gasteiger charge is 2.32. The number of benzene rings is 1. The van der Waals surface area contributed by atoms with Gasteiger partial charge in [-0.25, -0.2) is 0 Å². The molecule has 1 aliphatic rings. The predicted octanol–water partition coefficient (Wildman–Crippen LogP) is 1.30. The maximum absolute atomic E-state index is 12.6. The first-order valence-electron chi connectivity index (χ1n) is 6.34. The largest absolute Gasteiger partial charge is 0.416 e. The standard InChI is InChI=1S/C13H14F3N3O2/c14-13(15,16)7-3-4-9(17)8(6-7)11(20)19-10-2-1-5-18-12(10)21/h3-4,6,10H,1-2,5,17H2,(H,18,21)(H,19,20). The number of halogens is 3. The summed E-state index contributed by atoms with van der Waals surface area (Å²) in [6.07, 6.45) is -3.43. The normalized spacial score (nSPS) is 19.0. The number of piperidine rings is 1. The summed E-state index contributed by atoms with van der Waals surface area (Å²) in [6, 6.07) is 1.77. The number of nitrogens with two attached hydrogens (primary N) is 1. The molecule has 0 spiro atoms. The van der Waals surface area contributed by atoms with Crippen molar-refractivity contribution in [3.8, 4) is 0 Å². The summed E-state index contributed by atoms with van der Waals surface area (Å²) >= 11 is 0. The van der Waals surface area contributed by atoms with Crippen molar-refractivity contribution < 1.29 is 22.8 Å². The van der Waals surface area contributed by atoms with E-state index in [1.807, 2.05) is 0 Å². The number of hydrogen-bond donors (Lipinski definition) is 3. The molecule has 1 unspecified atom stereocenters. The summed E-state index contributed by atoms with van der Waals surface area (Å²) in [5, 5.41) is 4.98. The number of nitrogens with one attached hydrogen (secondary N) is 2. The van der Waals surface area contributed by atoms with Gasteiger partial charge in [0.15, 0.2) is 0 Å². The molecule has 1 atom stereocenters. The molecule has 0 saturated carbocycles. The van der Waals surface area contributed by atoms with Gasteiger partial charge in [-0.1, -0.05) is 0 Å². The van der Waals surface area contributed by atoms with E-state index in [9.17, 15) is 22.8 Å². The predicted molar refractivity (Wildman–Crippen MR) is 69.4 cm³/mol. The highest BCUT2D eigenvalue weighted by atomic mass is 19.4. The third-order valence-corrected chi connectivity index (χ3v) is 3.22. The molecular formula is C13H14F3N3O2. The molecule has 1 aromatic carbocycles. The van der Waals surface area contributed by atoms with E-state index >= 15 is 0 Å². The van der Waals surface area contributed by atoms with Gasteiger partial charge >= 0.3 is 6.18 Å². The molecule has 2 amide bonds. The van der Waals surface area contributed by atoms with Crippen molar-refractivity contribution in [2.24, 2.45) is 0 Å². The fraction of sp³-hybridized carbons (Fsp3) is 0.385.